The van der Waals surface area contributed by atoms with Gasteiger partial charge in [-0.3, -0.25) is 4.79 Å². The molecule has 0 aromatic heterocycles. The highest BCUT2D eigenvalue weighted by atomic mass is 16.4. The number of nitrogens with zero attached hydrogens (tertiary/aromatic N) is 1. The van der Waals surface area contributed by atoms with Gasteiger partial charge in [0, 0.05) is 20.1 Å². The van der Waals surface area contributed by atoms with Crippen LogP contribution in [0.5, 0.6) is 0 Å². The van der Waals surface area contributed by atoms with Crippen molar-refractivity contribution >= 4 is 17.9 Å². The molecule has 2 unspecified atom stereocenters. The first-order chi connectivity index (χ1) is 8.99. The van der Waals surface area contributed by atoms with E-state index in [1.807, 2.05) is 0 Å². The molecular weight excluding hydrogens is 254 g/mol. The van der Waals surface area contributed by atoms with Crippen molar-refractivity contribution in [2.24, 2.45) is 5.92 Å². The smallest absolute Gasteiger partial charge is 0.328 e. The zero-order chi connectivity index (χ0) is 14.4. The molecule has 1 rings (SSSR count). The molecule has 108 valence electrons. The number of amides is 3. The number of likely N-dealkylation sites (tertiary alicyclic amines) is 1. The third-order valence-corrected chi connectivity index (χ3v) is 3.10. The Balaban J connectivity index is 2.57. The molecular formula is C11H19N3O5. The number of rotatable bonds is 4. The average molecular weight is 273 g/mol. The second-order valence-electron chi connectivity index (χ2n) is 4.42. The van der Waals surface area contributed by atoms with Gasteiger partial charge in [-0.05, 0) is 12.8 Å². The largest absolute Gasteiger partial charge is 0.480 e. The number of hydrogen-bond acceptors (Lipinski definition) is 4. The molecule has 0 spiro atoms. The molecule has 1 aliphatic rings. The number of carboxylic acid groups (broad SMARTS) is 1. The summed E-state index contributed by atoms with van der Waals surface area (Å²) in [4.78, 5) is 35.5. The Morgan fingerprint density at radius 2 is 2.11 bits per heavy atom. The number of piperidine rings is 1. The van der Waals surface area contributed by atoms with Gasteiger partial charge in [0.15, 0.2) is 6.04 Å². The number of nitrogens with one attached hydrogen (secondary N) is 2. The molecule has 0 bridgehead atoms. The van der Waals surface area contributed by atoms with E-state index in [0.717, 1.165) is 0 Å². The third-order valence-electron chi connectivity index (χ3n) is 3.10. The predicted octanol–water partition coefficient (Wildman–Crippen LogP) is -1.40. The summed E-state index contributed by atoms with van der Waals surface area (Å²) in [5, 5.41) is 22.3. The van der Waals surface area contributed by atoms with Gasteiger partial charge in [0.25, 0.3) is 0 Å². The maximum Gasteiger partial charge on any atom is 0.328 e. The van der Waals surface area contributed by atoms with Crippen LogP contribution >= 0.6 is 0 Å². The minimum Gasteiger partial charge on any atom is -0.480 e. The van der Waals surface area contributed by atoms with Gasteiger partial charge in [0.1, 0.15) is 0 Å². The van der Waals surface area contributed by atoms with E-state index < -0.39 is 24.6 Å². The van der Waals surface area contributed by atoms with Gasteiger partial charge in [-0.25, -0.2) is 9.59 Å². The highest BCUT2D eigenvalue weighted by molar-refractivity contribution is 5.84. The van der Waals surface area contributed by atoms with Gasteiger partial charge < -0.3 is 25.7 Å². The zero-order valence-corrected chi connectivity index (χ0v) is 10.8. The van der Waals surface area contributed by atoms with E-state index in [4.69, 9.17) is 10.2 Å². The quantitative estimate of drug-likeness (QED) is 0.502. The van der Waals surface area contributed by atoms with Crippen LogP contribution in [-0.2, 0) is 9.59 Å². The van der Waals surface area contributed by atoms with Crippen molar-refractivity contribution in [2.45, 2.75) is 18.9 Å². The Kier molecular flexibility index (Phi) is 5.56. The van der Waals surface area contributed by atoms with Crippen LogP contribution in [0.2, 0.25) is 0 Å². The summed E-state index contributed by atoms with van der Waals surface area (Å²) in [6.45, 7) is 0.0498. The van der Waals surface area contributed by atoms with Crippen LogP contribution in [0, 0.1) is 5.92 Å². The molecule has 4 N–H and O–H groups in total. The van der Waals surface area contributed by atoms with E-state index in [0.29, 0.717) is 19.4 Å². The molecule has 0 saturated carbocycles. The number of hydrogen-bond donors (Lipinski definition) is 4. The summed E-state index contributed by atoms with van der Waals surface area (Å²) in [5.41, 5.74) is 0. The topological polar surface area (TPSA) is 119 Å². The summed E-state index contributed by atoms with van der Waals surface area (Å²) in [6.07, 6.45) is 1.38. The van der Waals surface area contributed by atoms with Gasteiger partial charge >= 0.3 is 12.0 Å². The summed E-state index contributed by atoms with van der Waals surface area (Å²) in [7, 11) is 1.54. The molecule has 0 aromatic carbocycles. The minimum atomic E-state index is -1.33. The standard InChI is InChI=1S/C11H19N3O5/c1-12-9(16)7-3-2-4-14(5-7)11(19)13-8(6-15)10(17)18/h7-8,15H,2-6H2,1H3,(H,12,16)(H,13,19)(H,17,18). The molecule has 3 amide bonds. The van der Waals surface area contributed by atoms with E-state index in [9.17, 15) is 14.4 Å². The Morgan fingerprint density at radius 1 is 1.42 bits per heavy atom. The van der Waals surface area contributed by atoms with E-state index >= 15 is 0 Å². The fraction of sp³-hybridized carbons (Fsp3) is 0.727. The predicted molar refractivity (Wildman–Crippen MR) is 65.4 cm³/mol. The van der Waals surface area contributed by atoms with E-state index in [1.165, 1.54) is 11.9 Å². The van der Waals surface area contributed by atoms with Crippen LogP contribution in [0.15, 0.2) is 0 Å². The van der Waals surface area contributed by atoms with E-state index in [2.05, 4.69) is 10.6 Å². The number of urea groups is 1. The SMILES string of the molecule is CNC(=O)C1CCCN(C(=O)NC(CO)C(=O)O)C1. The zero-order valence-electron chi connectivity index (χ0n) is 10.8. The maximum atomic E-state index is 11.8. The van der Waals surface area contributed by atoms with Crippen molar-refractivity contribution in [3.63, 3.8) is 0 Å². The molecule has 1 fully saturated rings. The van der Waals surface area contributed by atoms with Crippen LogP contribution in [0.25, 0.3) is 0 Å². The Bertz CT molecular complexity index is 360. The number of carboxylic acids is 1. The maximum absolute atomic E-state index is 11.8. The molecule has 1 heterocycles. The van der Waals surface area contributed by atoms with Crippen molar-refractivity contribution in [3.05, 3.63) is 0 Å². The van der Waals surface area contributed by atoms with Crippen LogP contribution in [0.3, 0.4) is 0 Å². The van der Waals surface area contributed by atoms with Gasteiger partial charge in [0.2, 0.25) is 5.91 Å². The second kappa shape index (κ2) is 6.93. The fourth-order valence-electron chi connectivity index (χ4n) is 2.01. The average Bonchev–Trinajstić information content (AvgIpc) is 2.43. The Morgan fingerprint density at radius 3 is 2.63 bits per heavy atom. The molecule has 0 aromatic rings. The third kappa shape index (κ3) is 4.09. The van der Waals surface area contributed by atoms with Crippen molar-refractivity contribution in [3.8, 4) is 0 Å². The highest BCUT2D eigenvalue weighted by Crippen LogP contribution is 2.16. The first-order valence-corrected chi connectivity index (χ1v) is 6.10. The number of aliphatic hydroxyl groups is 1. The Labute approximate surface area is 110 Å². The lowest BCUT2D eigenvalue weighted by Crippen LogP contribution is -2.53. The normalized spacial score (nSPS) is 20.5. The van der Waals surface area contributed by atoms with Crippen molar-refractivity contribution < 1.29 is 24.6 Å². The van der Waals surface area contributed by atoms with Gasteiger partial charge in [-0.1, -0.05) is 0 Å². The molecule has 0 aliphatic carbocycles. The van der Waals surface area contributed by atoms with E-state index in [1.54, 1.807) is 0 Å². The lowest BCUT2D eigenvalue weighted by atomic mass is 9.97. The van der Waals surface area contributed by atoms with E-state index in [-0.39, 0.29) is 18.4 Å². The molecule has 8 heteroatoms. The summed E-state index contributed by atoms with van der Waals surface area (Å²) in [6, 6.07) is -1.90. The van der Waals surface area contributed by atoms with Crippen molar-refractivity contribution in [2.75, 3.05) is 26.7 Å². The van der Waals surface area contributed by atoms with Gasteiger partial charge in [-0.15, -0.1) is 0 Å². The van der Waals surface area contributed by atoms with Crippen LogP contribution in [0.1, 0.15) is 12.8 Å². The first-order valence-electron chi connectivity index (χ1n) is 6.10. The molecule has 1 aliphatic heterocycles. The van der Waals surface area contributed by atoms with Crippen LogP contribution in [0.4, 0.5) is 4.79 Å². The minimum absolute atomic E-state index is 0.130. The summed E-state index contributed by atoms with van der Waals surface area (Å²) < 4.78 is 0. The molecule has 0 radical (unpaired) electrons. The van der Waals surface area contributed by atoms with Gasteiger partial charge in [-0.2, -0.15) is 0 Å². The molecule has 1 saturated heterocycles. The summed E-state index contributed by atoms with van der Waals surface area (Å²) >= 11 is 0. The summed E-state index contributed by atoms with van der Waals surface area (Å²) in [5.74, 6) is -1.70. The number of carbonyl (C=O) groups is 3. The molecule has 2 atom stereocenters. The lowest BCUT2D eigenvalue weighted by molar-refractivity contribution is -0.140. The van der Waals surface area contributed by atoms with Crippen molar-refractivity contribution in [1.82, 2.24) is 15.5 Å². The number of carbonyl (C=O) groups excluding carboxylic acids is 2. The number of aliphatic hydroxyl groups excluding tert-OH is 1. The van der Waals surface area contributed by atoms with Crippen LogP contribution in [-0.4, -0.2) is 65.8 Å². The number of aliphatic carboxylic acids is 1. The Hall–Kier alpha value is -1.83. The van der Waals surface area contributed by atoms with Gasteiger partial charge in [0.05, 0.1) is 12.5 Å². The van der Waals surface area contributed by atoms with Crippen molar-refractivity contribution in [1.29, 1.82) is 0 Å². The lowest BCUT2D eigenvalue weighted by Gasteiger charge is -2.32. The molecule has 19 heavy (non-hydrogen) atoms. The monoisotopic (exact) mass is 273 g/mol. The molecule has 8 nitrogen and oxygen atoms in total. The highest BCUT2D eigenvalue weighted by Gasteiger charge is 2.29. The first kappa shape index (κ1) is 15.2. The second-order valence-corrected chi connectivity index (χ2v) is 4.42. The van der Waals surface area contributed by atoms with Crippen LogP contribution < -0.4 is 10.6 Å². The fourth-order valence-corrected chi connectivity index (χ4v) is 2.01.